The van der Waals surface area contributed by atoms with Crippen LogP contribution < -0.4 is 5.32 Å². The largest absolute Gasteiger partial charge is 0.337 e. The van der Waals surface area contributed by atoms with E-state index in [1.807, 2.05) is 7.05 Å². The highest BCUT2D eigenvalue weighted by Gasteiger charge is 2.36. The standard InChI is InChI=1S/C15H20N4O4S2/c1-18-9-8-17-15(18)14-11-16-7-10-19(14)25(22,23)13-5-3-12(4-6-13)24(2,20)21/h3-6,8-9,14,16H,7,10-11H2,1-2H3. The summed E-state index contributed by atoms with van der Waals surface area (Å²) in [5, 5.41) is 3.19. The summed E-state index contributed by atoms with van der Waals surface area (Å²) in [6, 6.07) is 4.89. The third-order valence-electron chi connectivity index (χ3n) is 4.21. The number of nitrogens with zero attached hydrogens (tertiary/aromatic N) is 3. The van der Waals surface area contributed by atoms with Gasteiger partial charge in [0.2, 0.25) is 10.0 Å². The maximum absolute atomic E-state index is 13.1. The van der Waals surface area contributed by atoms with Gasteiger partial charge in [-0.3, -0.25) is 0 Å². The van der Waals surface area contributed by atoms with Crippen LogP contribution in [-0.4, -0.2) is 56.6 Å². The summed E-state index contributed by atoms with van der Waals surface area (Å²) in [4.78, 5) is 4.44. The molecule has 0 saturated carbocycles. The van der Waals surface area contributed by atoms with Gasteiger partial charge in [-0.2, -0.15) is 4.31 Å². The number of aromatic nitrogens is 2. The average Bonchev–Trinajstić information content (AvgIpc) is 3.00. The molecule has 2 heterocycles. The van der Waals surface area contributed by atoms with Gasteiger partial charge in [-0.15, -0.1) is 0 Å². The fourth-order valence-electron chi connectivity index (χ4n) is 2.89. The second-order valence-electron chi connectivity index (χ2n) is 5.98. The molecule has 2 aromatic rings. The third kappa shape index (κ3) is 3.47. The minimum absolute atomic E-state index is 0.0704. The van der Waals surface area contributed by atoms with Crippen molar-refractivity contribution in [2.24, 2.45) is 7.05 Å². The highest BCUT2D eigenvalue weighted by atomic mass is 32.2. The first-order chi connectivity index (χ1) is 11.7. The van der Waals surface area contributed by atoms with Gasteiger partial charge in [-0.25, -0.2) is 21.8 Å². The quantitative estimate of drug-likeness (QED) is 0.806. The van der Waals surface area contributed by atoms with Crippen molar-refractivity contribution in [1.82, 2.24) is 19.2 Å². The number of imidazole rings is 1. The fraction of sp³-hybridized carbons (Fsp3) is 0.400. The third-order valence-corrected chi connectivity index (χ3v) is 7.26. The van der Waals surface area contributed by atoms with E-state index in [1.54, 1.807) is 17.0 Å². The lowest BCUT2D eigenvalue weighted by atomic mass is 10.2. The van der Waals surface area contributed by atoms with Crippen molar-refractivity contribution in [3.8, 4) is 0 Å². The molecule has 1 saturated heterocycles. The summed E-state index contributed by atoms with van der Waals surface area (Å²) in [5.41, 5.74) is 0. The first-order valence-corrected chi connectivity index (χ1v) is 11.0. The van der Waals surface area contributed by atoms with Crippen LogP contribution in [0, 0.1) is 0 Å². The maximum atomic E-state index is 13.1. The van der Waals surface area contributed by atoms with Crippen LogP contribution in [0.1, 0.15) is 11.9 Å². The summed E-state index contributed by atoms with van der Waals surface area (Å²) in [5.74, 6) is 0.656. The zero-order chi connectivity index (χ0) is 18.2. The van der Waals surface area contributed by atoms with Crippen LogP contribution >= 0.6 is 0 Å². The van der Waals surface area contributed by atoms with Crippen molar-refractivity contribution >= 4 is 19.9 Å². The summed E-state index contributed by atoms with van der Waals surface area (Å²) in [6.07, 6.45) is 4.50. The normalized spacial score (nSPS) is 19.8. The number of nitrogens with one attached hydrogen (secondary N) is 1. The van der Waals surface area contributed by atoms with E-state index in [0.717, 1.165) is 6.26 Å². The Hall–Kier alpha value is -1.75. The Balaban J connectivity index is 1.98. The van der Waals surface area contributed by atoms with Crippen molar-refractivity contribution in [3.63, 3.8) is 0 Å². The molecule has 1 aliphatic heterocycles. The van der Waals surface area contributed by atoms with Crippen LogP contribution in [0.4, 0.5) is 0 Å². The van der Waals surface area contributed by atoms with Crippen LogP contribution in [0.3, 0.4) is 0 Å². The second-order valence-corrected chi connectivity index (χ2v) is 9.88. The van der Waals surface area contributed by atoms with Gasteiger partial charge in [-0.1, -0.05) is 0 Å². The number of hydrogen-bond donors (Lipinski definition) is 1. The van der Waals surface area contributed by atoms with Gasteiger partial charge >= 0.3 is 0 Å². The van der Waals surface area contributed by atoms with Crippen molar-refractivity contribution < 1.29 is 16.8 Å². The first kappa shape index (κ1) is 18.1. The van der Waals surface area contributed by atoms with Crippen molar-refractivity contribution in [1.29, 1.82) is 0 Å². The average molecular weight is 384 g/mol. The molecule has 1 fully saturated rings. The highest BCUT2D eigenvalue weighted by Crippen LogP contribution is 2.28. The smallest absolute Gasteiger partial charge is 0.243 e. The molecule has 1 aromatic heterocycles. The molecule has 136 valence electrons. The molecule has 1 aliphatic rings. The van der Waals surface area contributed by atoms with E-state index in [1.165, 1.54) is 28.6 Å². The SMILES string of the molecule is Cn1ccnc1C1CNCCN1S(=O)(=O)c1ccc(S(C)(=O)=O)cc1. The highest BCUT2D eigenvalue weighted by molar-refractivity contribution is 7.90. The number of aryl methyl sites for hydroxylation is 1. The van der Waals surface area contributed by atoms with E-state index in [0.29, 0.717) is 25.5 Å². The Labute approximate surface area is 147 Å². The number of rotatable bonds is 4. The molecule has 0 spiro atoms. The molecule has 0 aliphatic carbocycles. The maximum Gasteiger partial charge on any atom is 0.243 e. The minimum Gasteiger partial charge on any atom is -0.337 e. The summed E-state index contributed by atoms with van der Waals surface area (Å²) in [7, 11) is -5.32. The van der Waals surface area contributed by atoms with E-state index >= 15 is 0 Å². The fourth-order valence-corrected chi connectivity index (χ4v) is 5.10. The van der Waals surface area contributed by atoms with E-state index in [4.69, 9.17) is 0 Å². The van der Waals surface area contributed by atoms with Gasteiger partial charge in [0.15, 0.2) is 9.84 Å². The lowest BCUT2D eigenvalue weighted by Crippen LogP contribution is -2.49. The van der Waals surface area contributed by atoms with Gasteiger partial charge in [0.1, 0.15) is 5.82 Å². The number of sulfone groups is 1. The van der Waals surface area contributed by atoms with Gasteiger partial charge in [-0.05, 0) is 24.3 Å². The number of sulfonamides is 1. The molecular weight excluding hydrogens is 364 g/mol. The number of benzene rings is 1. The predicted molar refractivity (Wildman–Crippen MR) is 92.3 cm³/mol. The molecule has 0 radical (unpaired) electrons. The lowest BCUT2D eigenvalue weighted by molar-refractivity contribution is 0.258. The molecule has 10 heteroatoms. The van der Waals surface area contributed by atoms with E-state index in [2.05, 4.69) is 10.3 Å². The van der Waals surface area contributed by atoms with Crippen LogP contribution in [0.25, 0.3) is 0 Å². The molecule has 1 N–H and O–H groups in total. The molecule has 0 amide bonds. The molecule has 8 nitrogen and oxygen atoms in total. The lowest BCUT2D eigenvalue weighted by Gasteiger charge is -2.34. The minimum atomic E-state index is -3.77. The Morgan fingerprint density at radius 1 is 1.12 bits per heavy atom. The van der Waals surface area contributed by atoms with Gasteiger partial charge in [0.05, 0.1) is 15.8 Å². The van der Waals surface area contributed by atoms with E-state index in [-0.39, 0.29) is 9.79 Å². The van der Waals surface area contributed by atoms with Crippen molar-refractivity contribution in [3.05, 3.63) is 42.5 Å². The van der Waals surface area contributed by atoms with Crippen molar-refractivity contribution in [2.45, 2.75) is 15.8 Å². The Kier molecular flexibility index (Phi) is 4.71. The number of piperazine rings is 1. The molecule has 3 rings (SSSR count). The molecular formula is C15H20N4O4S2. The molecule has 1 atom stereocenters. The first-order valence-electron chi connectivity index (χ1n) is 7.71. The summed E-state index contributed by atoms with van der Waals surface area (Å²) in [6.45, 7) is 1.32. The monoisotopic (exact) mass is 384 g/mol. The Morgan fingerprint density at radius 3 is 2.32 bits per heavy atom. The zero-order valence-electron chi connectivity index (χ0n) is 14.0. The van der Waals surface area contributed by atoms with Crippen LogP contribution in [0.5, 0.6) is 0 Å². The Bertz CT molecular complexity index is 965. The van der Waals surface area contributed by atoms with Gasteiger partial charge < -0.3 is 9.88 Å². The van der Waals surface area contributed by atoms with Crippen LogP contribution in [0.15, 0.2) is 46.5 Å². The van der Waals surface area contributed by atoms with E-state index < -0.39 is 25.9 Å². The van der Waals surface area contributed by atoms with Crippen molar-refractivity contribution in [2.75, 3.05) is 25.9 Å². The van der Waals surface area contributed by atoms with E-state index in [9.17, 15) is 16.8 Å². The van der Waals surface area contributed by atoms with Crippen LogP contribution in [0.2, 0.25) is 0 Å². The molecule has 1 aromatic carbocycles. The predicted octanol–water partition coefficient (Wildman–Crippen LogP) is 0.159. The Morgan fingerprint density at radius 2 is 1.76 bits per heavy atom. The topological polar surface area (TPSA) is 101 Å². The van der Waals surface area contributed by atoms with Gasteiger partial charge in [0, 0.05) is 45.3 Å². The summed E-state index contributed by atoms with van der Waals surface area (Å²) < 4.78 is 52.5. The molecule has 25 heavy (non-hydrogen) atoms. The molecule has 1 unspecified atom stereocenters. The summed E-state index contributed by atoms with van der Waals surface area (Å²) >= 11 is 0. The second kappa shape index (κ2) is 6.52. The number of hydrogen-bond acceptors (Lipinski definition) is 6. The van der Waals surface area contributed by atoms with Crippen LogP contribution in [-0.2, 0) is 26.9 Å². The van der Waals surface area contributed by atoms with Gasteiger partial charge in [0.25, 0.3) is 0 Å². The zero-order valence-corrected chi connectivity index (χ0v) is 15.6. The molecule has 0 bridgehead atoms.